The summed E-state index contributed by atoms with van der Waals surface area (Å²) in [5, 5.41) is 15.9. The topological polar surface area (TPSA) is 87.8 Å². The number of carbonyl (C=O) groups is 1. The molecule has 1 rings (SSSR count). The van der Waals surface area contributed by atoms with Crippen molar-refractivity contribution < 1.29 is 4.79 Å². The molecule has 0 saturated carbocycles. The molecule has 0 aliphatic rings. The Hall–Kier alpha value is -2.16. The van der Waals surface area contributed by atoms with Gasteiger partial charge in [-0.15, -0.1) is 0 Å². The van der Waals surface area contributed by atoms with Crippen LogP contribution in [0.4, 0.5) is 0 Å². The molecule has 0 spiro atoms. The normalized spacial score (nSPS) is 12.1. The highest BCUT2D eigenvalue weighted by Crippen LogP contribution is 2.04. The van der Waals surface area contributed by atoms with Gasteiger partial charge >= 0.3 is 0 Å². The van der Waals surface area contributed by atoms with E-state index in [9.17, 15) is 9.59 Å². The van der Waals surface area contributed by atoms with Crippen molar-refractivity contribution in [3.63, 3.8) is 0 Å². The Morgan fingerprint density at radius 3 is 2.50 bits per heavy atom. The number of aromatic nitrogens is 2. The highest BCUT2D eigenvalue weighted by atomic mass is 16.2. The number of nitrogens with zero attached hydrogens (tertiary/aromatic N) is 3. The van der Waals surface area contributed by atoms with Crippen molar-refractivity contribution in [3.05, 3.63) is 27.2 Å². The summed E-state index contributed by atoms with van der Waals surface area (Å²) in [6.45, 7) is 9.11. The predicted molar refractivity (Wildman–Crippen MR) is 75.1 cm³/mol. The summed E-state index contributed by atoms with van der Waals surface area (Å²) in [6.07, 6.45) is 0. The molecule has 0 radical (unpaired) electrons. The summed E-state index contributed by atoms with van der Waals surface area (Å²) in [7, 11) is 0. The van der Waals surface area contributed by atoms with Gasteiger partial charge in [-0.2, -0.15) is 10.4 Å². The molecule has 0 aromatic carbocycles. The fraction of sp³-hybridized carbons (Fsp3) is 0.571. The Balaban J connectivity index is 3.00. The molecule has 6 heteroatoms. The van der Waals surface area contributed by atoms with Gasteiger partial charge in [0.1, 0.15) is 18.2 Å². The predicted octanol–water partition coefficient (Wildman–Crippen LogP) is 0.893. The molecule has 0 fully saturated rings. The Morgan fingerprint density at radius 1 is 1.40 bits per heavy atom. The van der Waals surface area contributed by atoms with Gasteiger partial charge in [0.2, 0.25) is 5.91 Å². The van der Waals surface area contributed by atoms with Crippen LogP contribution in [0.25, 0.3) is 0 Å². The third-order valence-electron chi connectivity index (χ3n) is 3.43. The average molecular weight is 276 g/mol. The molecule has 0 unspecified atom stereocenters. The third-order valence-corrected chi connectivity index (χ3v) is 3.43. The van der Waals surface area contributed by atoms with Crippen LogP contribution in [0.1, 0.15) is 37.6 Å². The van der Waals surface area contributed by atoms with Crippen molar-refractivity contribution in [2.45, 2.75) is 47.2 Å². The maximum atomic E-state index is 12.0. The van der Waals surface area contributed by atoms with E-state index < -0.39 is 5.56 Å². The smallest absolute Gasteiger partial charge is 0.285 e. The second kappa shape index (κ2) is 6.33. The molecule has 1 atom stereocenters. The molecular weight excluding hydrogens is 256 g/mol. The number of hydrogen-bond acceptors (Lipinski definition) is 4. The summed E-state index contributed by atoms with van der Waals surface area (Å²) in [5.74, 6) is 0.0194. The van der Waals surface area contributed by atoms with Crippen LogP contribution in [0, 0.1) is 31.1 Å². The molecule has 1 N–H and O–H groups in total. The second-order valence-corrected chi connectivity index (χ2v) is 5.26. The summed E-state index contributed by atoms with van der Waals surface area (Å²) in [6, 6.07) is 1.89. The van der Waals surface area contributed by atoms with Crippen LogP contribution in [-0.2, 0) is 11.3 Å². The Morgan fingerprint density at radius 2 is 2.00 bits per heavy atom. The van der Waals surface area contributed by atoms with E-state index in [-0.39, 0.29) is 24.1 Å². The monoisotopic (exact) mass is 276 g/mol. The van der Waals surface area contributed by atoms with Crippen LogP contribution in [-0.4, -0.2) is 21.7 Å². The van der Waals surface area contributed by atoms with Gasteiger partial charge in [-0.25, -0.2) is 4.68 Å². The molecule has 0 bridgehead atoms. The summed E-state index contributed by atoms with van der Waals surface area (Å²) >= 11 is 0. The number of carbonyl (C=O) groups excluding carboxylic acids is 1. The van der Waals surface area contributed by atoms with Crippen LogP contribution >= 0.6 is 0 Å². The Kier molecular flexibility index (Phi) is 5.03. The molecule has 1 aromatic rings. The van der Waals surface area contributed by atoms with Gasteiger partial charge in [-0.1, -0.05) is 13.8 Å². The molecule has 1 heterocycles. The minimum absolute atomic E-state index is 0.0141. The zero-order valence-electron chi connectivity index (χ0n) is 12.5. The van der Waals surface area contributed by atoms with Gasteiger partial charge in [0.05, 0.1) is 5.69 Å². The first kappa shape index (κ1) is 15.9. The number of rotatable bonds is 4. The molecule has 6 nitrogen and oxygen atoms in total. The van der Waals surface area contributed by atoms with Crippen LogP contribution in [0.5, 0.6) is 0 Å². The van der Waals surface area contributed by atoms with Gasteiger partial charge in [0.15, 0.2) is 0 Å². The number of nitrogens with one attached hydrogen (secondary N) is 1. The SMILES string of the molecule is Cc1nn(CC(=O)N[C@H](C)C(C)C)c(=O)c(C#N)c1C. The largest absolute Gasteiger partial charge is 0.352 e. The lowest BCUT2D eigenvalue weighted by atomic mass is 10.1. The van der Waals surface area contributed by atoms with E-state index in [1.807, 2.05) is 26.8 Å². The lowest BCUT2D eigenvalue weighted by molar-refractivity contribution is -0.122. The number of aryl methyl sites for hydroxylation is 1. The molecule has 0 aliphatic heterocycles. The quantitative estimate of drug-likeness (QED) is 0.884. The van der Waals surface area contributed by atoms with Gasteiger partial charge in [-0.05, 0) is 32.3 Å². The van der Waals surface area contributed by atoms with Crippen molar-refractivity contribution in [2.75, 3.05) is 0 Å². The zero-order valence-corrected chi connectivity index (χ0v) is 12.5. The van der Waals surface area contributed by atoms with E-state index in [0.29, 0.717) is 17.2 Å². The standard InChI is InChI=1S/C14H20N4O2/c1-8(2)10(4)16-13(19)7-18-14(20)12(6-15)9(3)11(5)17-18/h8,10H,7H2,1-5H3,(H,16,19)/t10-/m1/s1. The van der Waals surface area contributed by atoms with Gasteiger partial charge < -0.3 is 5.32 Å². The maximum Gasteiger partial charge on any atom is 0.285 e. The molecule has 0 saturated heterocycles. The summed E-state index contributed by atoms with van der Waals surface area (Å²) in [4.78, 5) is 23.9. The van der Waals surface area contributed by atoms with Crippen molar-refractivity contribution >= 4 is 5.91 Å². The fourth-order valence-electron chi connectivity index (χ4n) is 1.61. The van der Waals surface area contributed by atoms with Gasteiger partial charge in [0.25, 0.3) is 5.56 Å². The zero-order chi connectivity index (χ0) is 15.4. The van der Waals surface area contributed by atoms with E-state index in [1.165, 1.54) is 0 Å². The minimum atomic E-state index is -0.525. The molecule has 0 aliphatic carbocycles. The Bertz CT molecular complexity index is 611. The maximum absolute atomic E-state index is 12.0. The highest BCUT2D eigenvalue weighted by Gasteiger charge is 2.15. The van der Waals surface area contributed by atoms with E-state index >= 15 is 0 Å². The molecule has 20 heavy (non-hydrogen) atoms. The first-order valence-electron chi connectivity index (χ1n) is 6.55. The lowest BCUT2D eigenvalue weighted by Gasteiger charge is -2.17. The van der Waals surface area contributed by atoms with Crippen molar-refractivity contribution in [1.82, 2.24) is 15.1 Å². The first-order chi connectivity index (χ1) is 9.27. The van der Waals surface area contributed by atoms with Crippen LogP contribution in [0.2, 0.25) is 0 Å². The summed E-state index contributed by atoms with van der Waals surface area (Å²) < 4.78 is 1.04. The molecule has 1 amide bonds. The second-order valence-electron chi connectivity index (χ2n) is 5.26. The van der Waals surface area contributed by atoms with E-state index in [0.717, 1.165) is 4.68 Å². The average Bonchev–Trinajstić information content (AvgIpc) is 2.36. The van der Waals surface area contributed by atoms with Crippen LogP contribution in [0.15, 0.2) is 4.79 Å². The molecular formula is C14H20N4O2. The molecule has 108 valence electrons. The highest BCUT2D eigenvalue weighted by molar-refractivity contribution is 5.75. The van der Waals surface area contributed by atoms with Crippen LogP contribution < -0.4 is 10.9 Å². The lowest BCUT2D eigenvalue weighted by Crippen LogP contribution is -2.41. The fourth-order valence-corrected chi connectivity index (χ4v) is 1.61. The van der Waals surface area contributed by atoms with Crippen molar-refractivity contribution in [1.29, 1.82) is 5.26 Å². The van der Waals surface area contributed by atoms with Crippen molar-refractivity contribution in [2.24, 2.45) is 5.92 Å². The van der Waals surface area contributed by atoms with E-state index in [4.69, 9.17) is 5.26 Å². The van der Waals surface area contributed by atoms with Crippen LogP contribution in [0.3, 0.4) is 0 Å². The number of nitriles is 1. The molecule has 1 aromatic heterocycles. The van der Waals surface area contributed by atoms with Crippen molar-refractivity contribution in [3.8, 4) is 6.07 Å². The van der Waals surface area contributed by atoms with E-state index in [2.05, 4.69) is 10.4 Å². The number of amides is 1. The summed E-state index contributed by atoms with van der Waals surface area (Å²) in [5.41, 5.74) is 0.653. The van der Waals surface area contributed by atoms with Gasteiger partial charge in [-0.3, -0.25) is 9.59 Å². The van der Waals surface area contributed by atoms with E-state index in [1.54, 1.807) is 13.8 Å². The van der Waals surface area contributed by atoms with Gasteiger partial charge in [0, 0.05) is 6.04 Å². The number of hydrogen-bond donors (Lipinski definition) is 1. The third kappa shape index (κ3) is 3.44. The minimum Gasteiger partial charge on any atom is -0.352 e. The first-order valence-corrected chi connectivity index (χ1v) is 6.55. The Labute approximate surface area is 118 Å².